The predicted molar refractivity (Wildman–Crippen MR) is 130 cm³/mol. The van der Waals surface area contributed by atoms with Gasteiger partial charge in [0.25, 0.3) is 0 Å². The van der Waals surface area contributed by atoms with E-state index < -0.39 is 0 Å². The van der Waals surface area contributed by atoms with Gasteiger partial charge in [-0.2, -0.15) is 4.52 Å². The normalized spacial score (nSPS) is 16.0. The van der Waals surface area contributed by atoms with E-state index >= 15 is 0 Å². The Morgan fingerprint density at radius 2 is 1.66 bits per heavy atom. The van der Waals surface area contributed by atoms with Gasteiger partial charge in [0.1, 0.15) is 0 Å². The van der Waals surface area contributed by atoms with Crippen LogP contribution >= 0.6 is 11.3 Å². The van der Waals surface area contributed by atoms with Crippen LogP contribution in [0, 0.1) is 0 Å². The topological polar surface area (TPSA) is 56.9 Å². The smallest absolute Gasteiger partial charge is 0.230 e. The Morgan fingerprint density at radius 3 is 2.28 bits per heavy atom. The zero-order chi connectivity index (χ0) is 22.1. The van der Waals surface area contributed by atoms with Crippen LogP contribution in [0.5, 0.6) is 5.88 Å². The molecule has 0 aliphatic carbocycles. The van der Waals surface area contributed by atoms with Crippen LogP contribution in [0.3, 0.4) is 0 Å². The van der Waals surface area contributed by atoms with E-state index in [1.807, 2.05) is 6.92 Å². The molecule has 32 heavy (non-hydrogen) atoms. The average molecular weight is 448 g/mol. The molecule has 6 nitrogen and oxygen atoms in total. The summed E-state index contributed by atoms with van der Waals surface area (Å²) >= 11 is 1.55. The largest absolute Gasteiger partial charge is 0.492 e. The van der Waals surface area contributed by atoms with Crippen LogP contribution < -0.4 is 4.90 Å². The fraction of sp³-hybridized carbons (Fsp3) is 0.360. The Morgan fingerprint density at radius 1 is 0.938 bits per heavy atom. The summed E-state index contributed by atoms with van der Waals surface area (Å²) < 4.78 is 1.60. The molecule has 0 spiro atoms. The van der Waals surface area contributed by atoms with Gasteiger partial charge in [-0.1, -0.05) is 67.6 Å². The third-order valence-corrected chi connectivity index (χ3v) is 7.39. The fourth-order valence-electron chi connectivity index (χ4n) is 4.46. The maximum Gasteiger partial charge on any atom is 0.230 e. The van der Waals surface area contributed by atoms with Crippen LogP contribution in [-0.2, 0) is 12.8 Å². The zero-order valence-electron chi connectivity index (χ0n) is 18.6. The van der Waals surface area contributed by atoms with Gasteiger partial charge in [-0.3, -0.25) is 4.90 Å². The molecule has 166 valence electrons. The molecule has 1 aliphatic heterocycles. The van der Waals surface area contributed by atoms with Gasteiger partial charge in [-0.05, 0) is 29.7 Å². The number of benzene rings is 2. The molecule has 1 saturated heterocycles. The molecule has 4 aromatic rings. The van der Waals surface area contributed by atoms with Crippen LogP contribution in [-0.4, -0.2) is 50.8 Å². The van der Waals surface area contributed by atoms with E-state index in [0.29, 0.717) is 0 Å². The third-order valence-electron chi connectivity index (χ3n) is 6.31. The van der Waals surface area contributed by atoms with Crippen molar-refractivity contribution in [3.63, 3.8) is 0 Å². The van der Waals surface area contributed by atoms with Gasteiger partial charge in [-0.15, -0.1) is 5.10 Å². The van der Waals surface area contributed by atoms with E-state index in [1.54, 1.807) is 15.9 Å². The van der Waals surface area contributed by atoms with E-state index in [9.17, 15) is 5.11 Å². The number of aryl methyl sites for hydroxylation is 2. The van der Waals surface area contributed by atoms with Crippen LogP contribution in [0.15, 0.2) is 54.6 Å². The van der Waals surface area contributed by atoms with Gasteiger partial charge in [-0.25, -0.2) is 4.98 Å². The highest BCUT2D eigenvalue weighted by molar-refractivity contribution is 7.17. The minimum Gasteiger partial charge on any atom is -0.492 e. The van der Waals surface area contributed by atoms with Gasteiger partial charge >= 0.3 is 0 Å². The standard InChI is InChI=1S/C25H29N5OS/c1-3-18-10-12-19(13-11-18)22(23-24(31)30-25(32-23)26-21(4-2)27-30)29-16-14-28(15-17-29)20-8-6-5-7-9-20/h5-13,22,31H,3-4,14-17H2,1-2H3. The second-order valence-corrected chi connectivity index (χ2v) is 9.23. The fourth-order valence-corrected chi connectivity index (χ4v) is 5.60. The van der Waals surface area contributed by atoms with Crippen molar-refractivity contribution in [2.24, 2.45) is 0 Å². The van der Waals surface area contributed by atoms with Crippen molar-refractivity contribution in [2.45, 2.75) is 32.7 Å². The number of aromatic hydroxyl groups is 1. The molecule has 0 bridgehead atoms. The molecule has 1 fully saturated rings. The molecular weight excluding hydrogens is 418 g/mol. The predicted octanol–water partition coefficient (Wildman–Crippen LogP) is 4.53. The van der Waals surface area contributed by atoms with E-state index in [4.69, 9.17) is 0 Å². The Balaban J connectivity index is 1.48. The van der Waals surface area contributed by atoms with E-state index in [-0.39, 0.29) is 11.9 Å². The highest BCUT2D eigenvalue weighted by atomic mass is 32.1. The molecule has 0 radical (unpaired) electrons. The number of piperazine rings is 1. The van der Waals surface area contributed by atoms with Crippen LogP contribution in [0.4, 0.5) is 5.69 Å². The molecule has 1 aliphatic rings. The Hall–Kier alpha value is -2.90. The van der Waals surface area contributed by atoms with Gasteiger partial charge in [0.2, 0.25) is 10.8 Å². The molecule has 0 saturated carbocycles. The molecule has 2 aromatic heterocycles. The van der Waals surface area contributed by atoms with E-state index in [2.05, 4.69) is 81.4 Å². The van der Waals surface area contributed by atoms with Gasteiger partial charge in [0, 0.05) is 38.3 Å². The lowest BCUT2D eigenvalue weighted by atomic mass is 10.0. The lowest BCUT2D eigenvalue weighted by molar-refractivity contribution is 0.211. The molecule has 1 N–H and O–H groups in total. The Kier molecular flexibility index (Phi) is 5.85. The number of hydrogen-bond acceptors (Lipinski definition) is 6. The summed E-state index contributed by atoms with van der Waals surface area (Å²) in [7, 11) is 0. The first kappa shape index (κ1) is 21.0. The number of para-hydroxylation sites is 1. The van der Waals surface area contributed by atoms with Crippen LogP contribution in [0.2, 0.25) is 0 Å². The monoisotopic (exact) mass is 447 g/mol. The van der Waals surface area contributed by atoms with E-state index in [1.165, 1.54) is 16.8 Å². The second kappa shape index (κ2) is 8.92. The average Bonchev–Trinajstić information content (AvgIpc) is 3.40. The SMILES string of the molecule is CCc1ccc(C(c2sc3nc(CC)nn3c2O)N2CCN(c3ccccc3)CC2)cc1. The summed E-state index contributed by atoms with van der Waals surface area (Å²) in [6.07, 6.45) is 1.77. The van der Waals surface area contributed by atoms with Crippen molar-refractivity contribution in [1.29, 1.82) is 0 Å². The van der Waals surface area contributed by atoms with Crippen LogP contribution in [0.1, 0.15) is 41.7 Å². The number of fused-ring (bicyclic) bond motifs is 1. The highest BCUT2D eigenvalue weighted by Crippen LogP contribution is 2.40. The van der Waals surface area contributed by atoms with Crippen molar-refractivity contribution < 1.29 is 5.11 Å². The lowest BCUT2D eigenvalue weighted by Gasteiger charge is -2.40. The maximum absolute atomic E-state index is 11.1. The minimum atomic E-state index is -0.0163. The van der Waals surface area contributed by atoms with Crippen molar-refractivity contribution >= 4 is 22.0 Å². The molecule has 2 aromatic carbocycles. The number of hydrogen-bond donors (Lipinski definition) is 1. The molecule has 3 heterocycles. The first-order valence-electron chi connectivity index (χ1n) is 11.4. The van der Waals surface area contributed by atoms with Gasteiger partial charge in [0.15, 0.2) is 5.82 Å². The minimum absolute atomic E-state index is 0.0163. The summed E-state index contributed by atoms with van der Waals surface area (Å²) in [6, 6.07) is 19.4. The molecule has 1 unspecified atom stereocenters. The highest BCUT2D eigenvalue weighted by Gasteiger charge is 2.31. The van der Waals surface area contributed by atoms with Crippen LogP contribution in [0.25, 0.3) is 4.96 Å². The molecule has 7 heteroatoms. The summed E-state index contributed by atoms with van der Waals surface area (Å²) in [5.41, 5.74) is 3.79. The quantitative estimate of drug-likeness (QED) is 0.471. The number of rotatable bonds is 6. The number of aromatic nitrogens is 3. The summed E-state index contributed by atoms with van der Waals surface area (Å²) in [6.45, 7) is 7.95. The lowest BCUT2D eigenvalue weighted by Crippen LogP contribution is -2.47. The zero-order valence-corrected chi connectivity index (χ0v) is 19.4. The second-order valence-electron chi connectivity index (χ2n) is 8.22. The van der Waals surface area contributed by atoms with Gasteiger partial charge < -0.3 is 10.0 Å². The summed E-state index contributed by atoms with van der Waals surface area (Å²) in [5, 5.41) is 15.6. The Bertz CT molecular complexity index is 1180. The van der Waals surface area contributed by atoms with Crippen molar-refractivity contribution in [1.82, 2.24) is 19.5 Å². The number of anilines is 1. The molecular formula is C25H29N5OS. The summed E-state index contributed by atoms with van der Waals surface area (Å²) in [4.78, 5) is 11.2. The van der Waals surface area contributed by atoms with Gasteiger partial charge in [0.05, 0.1) is 10.9 Å². The Labute approximate surface area is 192 Å². The molecule has 5 rings (SSSR count). The maximum atomic E-state index is 11.1. The molecule has 0 amide bonds. The first-order chi connectivity index (χ1) is 15.7. The number of nitrogens with zero attached hydrogens (tertiary/aromatic N) is 5. The summed E-state index contributed by atoms with van der Waals surface area (Å²) in [5.74, 6) is 0.977. The van der Waals surface area contributed by atoms with E-state index in [0.717, 1.165) is 54.7 Å². The third kappa shape index (κ3) is 3.87. The first-order valence-corrected chi connectivity index (χ1v) is 12.2. The molecule has 1 atom stereocenters. The van der Waals surface area contributed by atoms with Crippen molar-refractivity contribution in [3.8, 4) is 5.88 Å². The van der Waals surface area contributed by atoms with Crippen molar-refractivity contribution in [3.05, 3.63) is 76.4 Å². The van der Waals surface area contributed by atoms with Crippen molar-refractivity contribution in [2.75, 3.05) is 31.1 Å². The number of thiazole rings is 1.